The summed E-state index contributed by atoms with van der Waals surface area (Å²) in [5.41, 5.74) is 6.02. The molecule has 0 aromatic carbocycles. The summed E-state index contributed by atoms with van der Waals surface area (Å²) >= 11 is 0. The molecule has 0 amide bonds. The number of esters is 1. The van der Waals surface area contributed by atoms with Crippen LogP contribution >= 0.6 is 0 Å². The second-order valence-electron chi connectivity index (χ2n) is 17.6. The number of fused-ring (bicyclic) bond motifs is 2. The smallest absolute Gasteiger partial charge is 0.311 e. The van der Waals surface area contributed by atoms with Crippen molar-refractivity contribution in [2.45, 2.75) is 177 Å². The predicted octanol–water partition coefficient (Wildman–Crippen LogP) is 0.712. The molecule has 3 aliphatic rings. The van der Waals surface area contributed by atoms with Crippen LogP contribution in [0.5, 0.6) is 0 Å². The highest BCUT2D eigenvalue weighted by Gasteiger charge is 2.51. The van der Waals surface area contributed by atoms with E-state index in [1.54, 1.807) is 80.7 Å². The molecule has 2 bridgehead atoms. The van der Waals surface area contributed by atoms with Gasteiger partial charge < -0.3 is 80.9 Å². The highest BCUT2D eigenvalue weighted by molar-refractivity contribution is 5.71. The van der Waals surface area contributed by atoms with Crippen molar-refractivity contribution in [1.82, 2.24) is 0 Å². The Labute approximate surface area is 381 Å². The van der Waals surface area contributed by atoms with Crippen LogP contribution in [0.25, 0.3) is 0 Å². The Morgan fingerprint density at radius 3 is 1.82 bits per heavy atom. The average Bonchev–Trinajstić information content (AvgIpc) is 3.21. The molecule has 18 heteroatoms. The normalized spacial score (nSPS) is 42.0. The lowest BCUT2D eigenvalue weighted by Gasteiger charge is -2.45. The van der Waals surface area contributed by atoms with Gasteiger partial charge in [-0.3, -0.25) is 9.59 Å². The Morgan fingerprint density at radius 1 is 0.662 bits per heavy atom. The summed E-state index contributed by atoms with van der Waals surface area (Å²) in [6.45, 7) is 6.74. The molecule has 0 aromatic rings. The number of aliphatic hydroxyl groups is 10. The van der Waals surface area contributed by atoms with E-state index in [9.17, 15) is 65.8 Å². The molecular weight excluding hydrogens is 851 g/mol. The lowest BCUT2D eigenvalue weighted by molar-refractivity contribution is -0.308. The highest BCUT2D eigenvalue weighted by Crippen LogP contribution is 2.38. The first-order valence-corrected chi connectivity index (χ1v) is 22.3. The molecule has 0 aromatic heterocycles. The van der Waals surface area contributed by atoms with Crippen LogP contribution in [-0.2, 0) is 28.5 Å². The number of allylic oxidation sites excluding steroid dienone is 12. The van der Waals surface area contributed by atoms with E-state index in [1.165, 1.54) is 13.0 Å². The number of carbonyl (C=O) groups is 2. The van der Waals surface area contributed by atoms with Crippen molar-refractivity contribution in [3.8, 4) is 0 Å². The van der Waals surface area contributed by atoms with Crippen LogP contribution in [0.15, 0.2) is 85.1 Å². The van der Waals surface area contributed by atoms with E-state index < -0.39 is 147 Å². The van der Waals surface area contributed by atoms with Gasteiger partial charge in [-0.05, 0) is 33.1 Å². The van der Waals surface area contributed by atoms with E-state index >= 15 is 0 Å². The highest BCUT2D eigenvalue weighted by atomic mass is 16.7. The molecule has 368 valence electrons. The number of aliphatic carboxylic acids is 1. The number of carbonyl (C=O) groups excluding carboxylic acids is 1. The lowest BCUT2D eigenvalue weighted by atomic mass is 9.82. The number of aliphatic hydroxyl groups excluding tert-OH is 9. The quantitative estimate of drug-likeness (QED) is 0.174. The lowest BCUT2D eigenvalue weighted by Crippen LogP contribution is -2.61. The molecule has 0 spiro atoms. The molecular formula is C47H73NO17. The van der Waals surface area contributed by atoms with Gasteiger partial charge in [-0.1, -0.05) is 98.9 Å². The Kier molecular flexibility index (Phi) is 23.6. The average molecular weight is 924 g/mol. The molecule has 2 saturated heterocycles. The minimum atomic E-state index is -2.33. The van der Waals surface area contributed by atoms with E-state index in [0.29, 0.717) is 0 Å². The minimum Gasteiger partial charge on any atom is -0.481 e. The van der Waals surface area contributed by atoms with Crippen molar-refractivity contribution in [3.05, 3.63) is 85.1 Å². The molecule has 0 aliphatic carbocycles. The van der Waals surface area contributed by atoms with Crippen molar-refractivity contribution in [2.75, 3.05) is 0 Å². The zero-order valence-electron chi connectivity index (χ0n) is 37.6. The third-order valence-corrected chi connectivity index (χ3v) is 12.0. The van der Waals surface area contributed by atoms with E-state index in [0.717, 1.165) is 0 Å². The second kappa shape index (κ2) is 27.4. The van der Waals surface area contributed by atoms with Gasteiger partial charge in [-0.15, -0.1) is 0 Å². The van der Waals surface area contributed by atoms with Gasteiger partial charge in [-0.25, -0.2) is 0 Å². The van der Waals surface area contributed by atoms with Crippen molar-refractivity contribution in [2.24, 2.45) is 23.5 Å². The molecule has 2 fully saturated rings. The molecule has 3 heterocycles. The van der Waals surface area contributed by atoms with Crippen LogP contribution < -0.4 is 5.73 Å². The SMILES string of the molecule is CC1C=CC=CC=CC=CC=CC=CC=CC(O[C@@H]2O[C@@H](C)C(O)C(N)C2O)CC2OC(O)(CC(O)CC(O)C(O)CCC(O)CC(O)CC(=O)OC(C)C(C)C1O)CC(O)C2C(=O)O. The van der Waals surface area contributed by atoms with Crippen LogP contribution in [0, 0.1) is 17.8 Å². The van der Waals surface area contributed by atoms with Crippen LogP contribution in [0.3, 0.4) is 0 Å². The number of nitrogens with two attached hydrogens (primary N) is 1. The van der Waals surface area contributed by atoms with E-state index in [4.69, 9.17) is 24.7 Å². The van der Waals surface area contributed by atoms with Crippen molar-refractivity contribution < 1.29 is 84.7 Å². The van der Waals surface area contributed by atoms with Gasteiger partial charge in [0.05, 0.1) is 79.6 Å². The first-order valence-electron chi connectivity index (χ1n) is 22.3. The van der Waals surface area contributed by atoms with Gasteiger partial charge in [0, 0.05) is 37.5 Å². The summed E-state index contributed by atoms with van der Waals surface area (Å²) in [4.78, 5) is 25.1. The fourth-order valence-electron chi connectivity index (χ4n) is 7.97. The molecule has 0 radical (unpaired) electrons. The topological polar surface area (TPSA) is 320 Å². The Balaban J connectivity index is 1.86. The Morgan fingerprint density at radius 2 is 1.23 bits per heavy atom. The number of cyclic esters (lactones) is 1. The first kappa shape index (κ1) is 55.9. The monoisotopic (exact) mass is 923 g/mol. The zero-order valence-corrected chi connectivity index (χ0v) is 37.6. The summed E-state index contributed by atoms with van der Waals surface area (Å²) in [7, 11) is 0. The van der Waals surface area contributed by atoms with Gasteiger partial charge in [0.25, 0.3) is 0 Å². The van der Waals surface area contributed by atoms with Crippen molar-refractivity contribution in [1.29, 1.82) is 0 Å². The fourth-order valence-corrected chi connectivity index (χ4v) is 7.97. The van der Waals surface area contributed by atoms with E-state index in [1.807, 2.05) is 19.1 Å². The van der Waals surface area contributed by atoms with Gasteiger partial charge in [-0.2, -0.15) is 0 Å². The summed E-state index contributed by atoms with van der Waals surface area (Å²) in [6.07, 6.45) is 3.46. The fraction of sp³-hybridized carbons (Fsp3) is 0.660. The summed E-state index contributed by atoms with van der Waals surface area (Å²) in [5, 5.41) is 118. The van der Waals surface area contributed by atoms with Crippen molar-refractivity contribution >= 4 is 11.9 Å². The summed E-state index contributed by atoms with van der Waals surface area (Å²) in [6, 6.07) is -1.15. The van der Waals surface area contributed by atoms with Gasteiger partial charge >= 0.3 is 11.9 Å². The Hall–Kier alpha value is -3.44. The first-order chi connectivity index (χ1) is 30.6. The number of ether oxygens (including phenoxy) is 4. The third-order valence-electron chi connectivity index (χ3n) is 12.0. The van der Waals surface area contributed by atoms with E-state index in [-0.39, 0.29) is 31.6 Å². The molecule has 3 rings (SSSR count). The number of carboxylic acid groups (broad SMARTS) is 1. The number of rotatable bonds is 3. The number of carboxylic acids is 1. The largest absolute Gasteiger partial charge is 0.481 e. The maximum absolute atomic E-state index is 12.6. The standard InChI is InChI=1S/C47H73NO17/c1-27-17-15-13-11-9-7-5-6-8-10-12-14-16-18-34(64-46-44(58)41(48)43(57)30(4)63-46)24-38-40(45(59)60)37(54)26-47(61,65-38)25-33(51)22-36(53)35(52)20-19-31(49)21-32(50)23-39(55)62-29(3)28(2)42(27)56/h5-18,27-38,40-44,46,49-54,56-58,61H,19-26,48H2,1-4H3,(H,59,60)/t27?,28?,29?,30-,31?,32?,33?,34?,35?,36?,37?,38?,40?,41?,42?,43?,44?,46-,47?/m0/s1. The number of hydrogen-bond donors (Lipinski definition) is 12. The van der Waals surface area contributed by atoms with Crippen LogP contribution in [0.1, 0.15) is 79.1 Å². The van der Waals surface area contributed by atoms with Crippen LogP contribution in [0.2, 0.25) is 0 Å². The minimum absolute atomic E-state index is 0.107. The summed E-state index contributed by atoms with van der Waals surface area (Å²) in [5.74, 6) is -6.83. The van der Waals surface area contributed by atoms with Crippen LogP contribution in [-0.4, -0.2) is 166 Å². The maximum Gasteiger partial charge on any atom is 0.311 e. The van der Waals surface area contributed by atoms with Gasteiger partial charge in [0.2, 0.25) is 0 Å². The van der Waals surface area contributed by atoms with E-state index in [2.05, 4.69) is 0 Å². The van der Waals surface area contributed by atoms with Gasteiger partial charge in [0.15, 0.2) is 12.1 Å². The predicted molar refractivity (Wildman–Crippen MR) is 237 cm³/mol. The second-order valence-corrected chi connectivity index (χ2v) is 17.6. The third kappa shape index (κ3) is 18.6. The summed E-state index contributed by atoms with van der Waals surface area (Å²) < 4.78 is 23.1. The molecule has 17 unspecified atom stereocenters. The zero-order chi connectivity index (χ0) is 48.4. The van der Waals surface area contributed by atoms with Crippen LogP contribution in [0.4, 0.5) is 0 Å². The number of hydrogen-bond acceptors (Lipinski definition) is 17. The molecule has 0 saturated carbocycles. The van der Waals surface area contributed by atoms with Gasteiger partial charge in [0.1, 0.15) is 18.1 Å². The molecule has 65 heavy (non-hydrogen) atoms. The molecule has 13 N–H and O–H groups in total. The maximum atomic E-state index is 12.6. The molecule has 3 aliphatic heterocycles. The molecule has 19 atom stereocenters. The van der Waals surface area contributed by atoms with Crippen molar-refractivity contribution in [3.63, 3.8) is 0 Å². The molecule has 18 nitrogen and oxygen atoms in total. The Bertz CT molecular complexity index is 1670.